The second-order valence-electron chi connectivity index (χ2n) is 13.8. The van der Waals surface area contributed by atoms with Crippen molar-refractivity contribution in [2.45, 2.75) is 50.5 Å². The third-order valence-electron chi connectivity index (χ3n) is 10.8. The summed E-state index contributed by atoms with van der Waals surface area (Å²) in [5.41, 5.74) is 11.6. The summed E-state index contributed by atoms with van der Waals surface area (Å²) >= 11 is 0. The normalized spacial score (nSPS) is 20.8. The number of carbonyl (C=O) groups excluding carboxylic acids is 3. The van der Waals surface area contributed by atoms with Gasteiger partial charge in [-0.3, -0.25) is 24.2 Å². The minimum atomic E-state index is -0.439. The smallest absolute Gasteiger partial charge is 0.292 e. The van der Waals surface area contributed by atoms with Crippen molar-refractivity contribution in [3.63, 3.8) is 0 Å². The number of piperidine rings is 1. The van der Waals surface area contributed by atoms with Crippen LogP contribution in [-0.2, 0) is 19.1 Å². The Hall–Kier alpha value is -5.83. The summed E-state index contributed by atoms with van der Waals surface area (Å²) in [6.07, 6.45) is 7.80. The van der Waals surface area contributed by atoms with Crippen LogP contribution in [0, 0.1) is 0 Å². The van der Waals surface area contributed by atoms with Crippen LogP contribution in [0.25, 0.3) is 16.9 Å². The number of rotatable bonds is 7. The fraction of sp³-hybridized carbons (Fsp3) is 0.395. The van der Waals surface area contributed by atoms with Gasteiger partial charge in [-0.25, -0.2) is 9.26 Å². The highest BCUT2D eigenvalue weighted by Gasteiger charge is 2.41. The molecule has 53 heavy (non-hydrogen) atoms. The molecule has 8 rings (SSSR count). The zero-order chi connectivity index (χ0) is 36.6. The first-order chi connectivity index (χ1) is 25.8. The standard InChI is InChI=1S/C38H41N9O6/c1-52-23-46-34(49)14-13-31(38(46)51)45-17-18-53-36-27(6-4-7-30(36)45)24-9-11-25(12-10-24)43-15-16-44(35(50)22-43)26-20-40-47(21-26)32-19-29(41-42-37(32)39)28-5-2-3-8-33(28)48/h2-8,19-21,24,31H,9-18,22-23H2,1H3,(H2-,39,41,42,48)/p+1. The maximum Gasteiger partial charge on any atom is 0.292 e. The maximum atomic E-state index is 13.5. The third kappa shape index (κ3) is 6.45. The van der Waals surface area contributed by atoms with Crippen LogP contribution in [0.2, 0.25) is 0 Å². The number of imide groups is 1. The van der Waals surface area contributed by atoms with Gasteiger partial charge in [0.05, 0.1) is 42.6 Å². The topological polar surface area (TPSA) is 172 Å². The molecule has 4 aliphatic rings. The third-order valence-corrected chi connectivity index (χ3v) is 10.8. The molecule has 1 atom stereocenters. The summed E-state index contributed by atoms with van der Waals surface area (Å²) in [5.74, 6) is 0.941. The van der Waals surface area contributed by atoms with E-state index in [1.54, 1.807) is 52.3 Å². The van der Waals surface area contributed by atoms with Crippen LogP contribution in [0.1, 0.15) is 50.0 Å². The molecule has 0 radical (unpaired) electrons. The Morgan fingerprint density at radius 1 is 0.981 bits per heavy atom. The number of nitrogens with zero attached hydrogens (tertiary/aromatic N) is 8. The number of aromatic hydroxyl groups is 1. The number of amides is 3. The average molecular weight is 721 g/mol. The Morgan fingerprint density at radius 2 is 1.81 bits per heavy atom. The SMILES string of the molecule is COCN1C(=O)CCC(N2CCOc3c(C4CCC(=[N+]5CCN(c6cnn(-c7cc(-c8ccccc8O)nnc7N)c6)C(=O)C5)CC4)cccc32)C1=O. The number of nitrogen functional groups attached to an aromatic ring is 1. The molecule has 1 unspecified atom stereocenters. The summed E-state index contributed by atoms with van der Waals surface area (Å²) < 4.78 is 15.2. The number of aromatic nitrogens is 4. The Balaban J connectivity index is 0.931. The number of anilines is 3. The van der Waals surface area contributed by atoms with E-state index < -0.39 is 6.04 Å². The molecule has 3 fully saturated rings. The van der Waals surface area contributed by atoms with Gasteiger partial charge >= 0.3 is 0 Å². The number of methoxy groups -OCH3 is 1. The first kappa shape index (κ1) is 34.3. The highest BCUT2D eigenvalue weighted by molar-refractivity contribution is 6.02. The van der Waals surface area contributed by atoms with Gasteiger partial charge in [0.2, 0.25) is 12.5 Å². The van der Waals surface area contributed by atoms with Crippen molar-refractivity contribution in [2.24, 2.45) is 0 Å². The number of nitrogens with two attached hydrogens (primary N) is 1. The molecule has 3 amide bonds. The molecule has 274 valence electrons. The molecule has 15 heteroatoms. The second kappa shape index (κ2) is 14.3. The molecular weight excluding hydrogens is 678 g/mol. The van der Waals surface area contributed by atoms with Crippen LogP contribution in [-0.4, -0.2) is 111 Å². The van der Waals surface area contributed by atoms with Gasteiger partial charge < -0.3 is 25.2 Å². The van der Waals surface area contributed by atoms with Crippen molar-refractivity contribution >= 4 is 40.6 Å². The summed E-state index contributed by atoms with van der Waals surface area (Å²) in [5, 5.41) is 23.0. The first-order valence-electron chi connectivity index (χ1n) is 18.0. The van der Waals surface area contributed by atoms with E-state index in [1.165, 1.54) is 17.7 Å². The number of fused-ring (bicyclic) bond motifs is 1. The number of phenols is 1. The van der Waals surface area contributed by atoms with Crippen LogP contribution in [0.15, 0.2) is 60.9 Å². The Morgan fingerprint density at radius 3 is 2.60 bits per heavy atom. The van der Waals surface area contributed by atoms with E-state index in [4.69, 9.17) is 15.2 Å². The van der Waals surface area contributed by atoms with E-state index in [-0.39, 0.29) is 41.9 Å². The molecule has 1 saturated carbocycles. The van der Waals surface area contributed by atoms with Crippen molar-refractivity contribution in [3.8, 4) is 28.4 Å². The van der Waals surface area contributed by atoms with Gasteiger partial charge in [0, 0.05) is 31.9 Å². The zero-order valence-electron chi connectivity index (χ0n) is 29.6. The van der Waals surface area contributed by atoms with Gasteiger partial charge in [-0.1, -0.05) is 24.3 Å². The molecule has 0 bridgehead atoms. The van der Waals surface area contributed by atoms with E-state index in [2.05, 4.69) is 30.8 Å². The van der Waals surface area contributed by atoms with Crippen molar-refractivity contribution in [1.29, 1.82) is 0 Å². The van der Waals surface area contributed by atoms with Crippen LogP contribution in [0.3, 0.4) is 0 Å². The van der Waals surface area contributed by atoms with E-state index in [0.29, 0.717) is 68.3 Å². The van der Waals surface area contributed by atoms with Crippen molar-refractivity contribution in [3.05, 3.63) is 66.5 Å². The van der Waals surface area contributed by atoms with Gasteiger partial charge in [0.15, 0.2) is 18.1 Å². The molecular formula is C38H42N9O6+. The van der Waals surface area contributed by atoms with Gasteiger partial charge in [-0.15, -0.1) is 10.2 Å². The van der Waals surface area contributed by atoms with E-state index in [9.17, 15) is 19.5 Å². The van der Waals surface area contributed by atoms with Gasteiger partial charge in [-0.05, 0) is 55.0 Å². The lowest BCUT2D eigenvalue weighted by Crippen LogP contribution is -2.56. The van der Waals surface area contributed by atoms with Crippen molar-refractivity contribution in [2.75, 3.05) is 62.2 Å². The van der Waals surface area contributed by atoms with Crippen LogP contribution < -0.4 is 20.3 Å². The van der Waals surface area contributed by atoms with E-state index in [0.717, 1.165) is 42.7 Å². The first-order valence-corrected chi connectivity index (χ1v) is 18.0. The van der Waals surface area contributed by atoms with Crippen molar-refractivity contribution < 1.29 is 33.5 Å². The van der Waals surface area contributed by atoms with E-state index in [1.807, 2.05) is 12.1 Å². The lowest BCUT2D eigenvalue weighted by molar-refractivity contribution is -0.520. The Labute approximate surface area is 306 Å². The predicted octanol–water partition coefficient (Wildman–Crippen LogP) is 3.10. The highest BCUT2D eigenvalue weighted by atomic mass is 16.5. The quantitative estimate of drug-likeness (QED) is 0.212. The lowest BCUT2D eigenvalue weighted by Gasteiger charge is -2.41. The number of para-hydroxylation sites is 2. The minimum Gasteiger partial charge on any atom is -0.507 e. The fourth-order valence-corrected chi connectivity index (χ4v) is 8.09. The van der Waals surface area contributed by atoms with Crippen LogP contribution in [0.5, 0.6) is 11.5 Å². The number of piperazine rings is 1. The van der Waals surface area contributed by atoms with Gasteiger partial charge in [0.25, 0.3) is 11.8 Å². The van der Waals surface area contributed by atoms with Gasteiger partial charge in [-0.2, -0.15) is 5.10 Å². The number of benzene rings is 2. The summed E-state index contributed by atoms with van der Waals surface area (Å²) in [7, 11) is 1.48. The number of hydrogen-bond acceptors (Lipinski definition) is 11. The molecule has 3 aliphatic heterocycles. The largest absolute Gasteiger partial charge is 0.507 e. The Kier molecular flexibility index (Phi) is 9.24. The Bertz CT molecular complexity index is 2100. The number of ether oxygens (including phenoxy) is 2. The average Bonchev–Trinajstić information content (AvgIpc) is 3.66. The highest BCUT2D eigenvalue weighted by Crippen LogP contribution is 2.44. The zero-order valence-corrected chi connectivity index (χ0v) is 29.6. The second-order valence-corrected chi connectivity index (χ2v) is 13.8. The van der Waals surface area contributed by atoms with Crippen LogP contribution >= 0.6 is 0 Å². The van der Waals surface area contributed by atoms with Gasteiger partial charge in [0.1, 0.15) is 36.6 Å². The fourth-order valence-electron chi connectivity index (χ4n) is 8.09. The molecule has 1 aliphatic carbocycles. The molecule has 3 N–H and O–H groups in total. The molecule has 2 saturated heterocycles. The summed E-state index contributed by atoms with van der Waals surface area (Å²) in [6.45, 7) is 2.52. The molecule has 5 heterocycles. The minimum absolute atomic E-state index is 0.00482. The monoisotopic (exact) mass is 720 g/mol. The molecule has 15 nitrogen and oxygen atoms in total. The predicted molar refractivity (Wildman–Crippen MR) is 195 cm³/mol. The summed E-state index contributed by atoms with van der Waals surface area (Å²) in [6, 6.07) is 14.3. The van der Waals surface area contributed by atoms with Crippen LogP contribution in [0.4, 0.5) is 17.2 Å². The molecule has 2 aromatic carbocycles. The lowest BCUT2D eigenvalue weighted by atomic mass is 9.82. The number of phenolic OH excluding ortho intramolecular Hbond substituents is 1. The summed E-state index contributed by atoms with van der Waals surface area (Å²) in [4.78, 5) is 44.4. The molecule has 0 spiro atoms. The van der Waals surface area contributed by atoms with E-state index >= 15 is 0 Å². The maximum absolute atomic E-state index is 13.5. The molecule has 2 aromatic heterocycles. The number of carbonyl (C=O) groups is 3. The number of likely N-dealkylation sites (tertiary alicyclic amines) is 1. The number of hydrogen-bond donors (Lipinski definition) is 2. The molecule has 4 aromatic rings. The van der Waals surface area contributed by atoms with Crippen molar-refractivity contribution in [1.82, 2.24) is 24.9 Å².